The second kappa shape index (κ2) is 6.56. The van der Waals surface area contributed by atoms with E-state index in [9.17, 15) is 17.6 Å². The SMILES string of the molecule is CCCCN(C(=O)c1ccc(F)cc1)[C@H]1CCS(=O)(=O)C1. The summed E-state index contributed by atoms with van der Waals surface area (Å²) < 4.78 is 36.2. The summed E-state index contributed by atoms with van der Waals surface area (Å²) in [6, 6.07) is 5.12. The molecule has 0 spiro atoms. The van der Waals surface area contributed by atoms with E-state index >= 15 is 0 Å². The van der Waals surface area contributed by atoms with Crippen molar-refractivity contribution in [3.8, 4) is 0 Å². The molecule has 4 nitrogen and oxygen atoms in total. The van der Waals surface area contributed by atoms with Gasteiger partial charge in [-0.25, -0.2) is 12.8 Å². The van der Waals surface area contributed by atoms with Gasteiger partial charge in [-0.1, -0.05) is 13.3 Å². The molecule has 1 atom stereocenters. The number of benzene rings is 1. The van der Waals surface area contributed by atoms with E-state index in [2.05, 4.69) is 0 Å². The zero-order valence-electron chi connectivity index (χ0n) is 12.1. The molecule has 21 heavy (non-hydrogen) atoms. The molecule has 1 aromatic carbocycles. The van der Waals surface area contributed by atoms with Crippen LogP contribution in [0.1, 0.15) is 36.5 Å². The molecule has 0 saturated carbocycles. The van der Waals surface area contributed by atoms with E-state index in [1.807, 2.05) is 6.92 Å². The quantitative estimate of drug-likeness (QED) is 0.838. The molecule has 1 heterocycles. The van der Waals surface area contributed by atoms with E-state index in [-0.39, 0.29) is 23.5 Å². The lowest BCUT2D eigenvalue weighted by atomic mass is 10.1. The summed E-state index contributed by atoms with van der Waals surface area (Å²) in [5.41, 5.74) is 0.400. The van der Waals surface area contributed by atoms with E-state index in [1.54, 1.807) is 4.90 Å². The molecule has 0 aromatic heterocycles. The Labute approximate surface area is 124 Å². The maximum Gasteiger partial charge on any atom is 0.254 e. The third-order valence-corrected chi connectivity index (χ3v) is 5.50. The summed E-state index contributed by atoms with van der Waals surface area (Å²) in [6.45, 7) is 2.55. The van der Waals surface area contributed by atoms with Crippen molar-refractivity contribution in [1.82, 2.24) is 4.90 Å². The molecule has 1 aromatic rings. The van der Waals surface area contributed by atoms with Crippen LogP contribution in [0.3, 0.4) is 0 Å². The van der Waals surface area contributed by atoms with Crippen molar-refractivity contribution in [2.75, 3.05) is 18.1 Å². The first-order valence-electron chi connectivity index (χ1n) is 7.20. The van der Waals surface area contributed by atoms with Crippen LogP contribution >= 0.6 is 0 Å². The number of halogens is 1. The third kappa shape index (κ3) is 4.03. The number of carbonyl (C=O) groups excluding carboxylic acids is 1. The van der Waals surface area contributed by atoms with Crippen molar-refractivity contribution in [2.45, 2.75) is 32.2 Å². The number of unbranched alkanes of at least 4 members (excludes halogenated alkanes) is 1. The Bertz CT molecular complexity index is 598. The Morgan fingerprint density at radius 3 is 2.52 bits per heavy atom. The van der Waals surface area contributed by atoms with Crippen molar-refractivity contribution < 1.29 is 17.6 Å². The Hall–Kier alpha value is -1.43. The molecule has 6 heteroatoms. The molecule has 0 N–H and O–H groups in total. The van der Waals surface area contributed by atoms with E-state index in [0.717, 1.165) is 12.8 Å². The number of hydrogen-bond acceptors (Lipinski definition) is 3. The van der Waals surface area contributed by atoms with E-state index in [1.165, 1.54) is 24.3 Å². The standard InChI is InChI=1S/C15H20FNO3S/c1-2-3-9-17(14-8-10-21(19,20)11-14)15(18)12-4-6-13(16)7-5-12/h4-7,14H,2-3,8-11H2,1H3/t14-/m0/s1. The fourth-order valence-corrected chi connectivity index (χ4v) is 4.29. The minimum absolute atomic E-state index is 0.0314. The average molecular weight is 313 g/mol. The maximum absolute atomic E-state index is 13.0. The molecule has 1 amide bonds. The van der Waals surface area contributed by atoms with Crippen molar-refractivity contribution in [3.05, 3.63) is 35.6 Å². The lowest BCUT2D eigenvalue weighted by molar-refractivity contribution is 0.0694. The lowest BCUT2D eigenvalue weighted by Gasteiger charge is -2.28. The number of nitrogens with zero attached hydrogens (tertiary/aromatic N) is 1. The lowest BCUT2D eigenvalue weighted by Crippen LogP contribution is -2.41. The van der Waals surface area contributed by atoms with Gasteiger partial charge in [0.2, 0.25) is 0 Å². The highest BCUT2D eigenvalue weighted by Crippen LogP contribution is 2.21. The molecule has 0 radical (unpaired) electrons. The molecular formula is C15H20FNO3S. The van der Waals surface area contributed by atoms with Gasteiger partial charge in [-0.05, 0) is 37.1 Å². The molecule has 1 aliphatic rings. The molecule has 0 unspecified atom stereocenters. The van der Waals surface area contributed by atoms with Gasteiger partial charge in [-0.3, -0.25) is 4.79 Å². The summed E-state index contributed by atoms with van der Waals surface area (Å²) in [7, 11) is -3.04. The first-order chi connectivity index (χ1) is 9.93. The summed E-state index contributed by atoms with van der Waals surface area (Å²) in [6.07, 6.45) is 2.23. The monoisotopic (exact) mass is 313 g/mol. The van der Waals surface area contributed by atoms with Crippen LogP contribution < -0.4 is 0 Å². The molecule has 0 bridgehead atoms. The average Bonchev–Trinajstić information content (AvgIpc) is 2.80. The maximum atomic E-state index is 13.0. The van der Waals surface area contributed by atoms with Crippen LogP contribution in [0.2, 0.25) is 0 Å². The van der Waals surface area contributed by atoms with Gasteiger partial charge in [0, 0.05) is 18.2 Å². The van der Waals surface area contributed by atoms with Crippen molar-refractivity contribution in [2.24, 2.45) is 0 Å². The Kier molecular flexibility index (Phi) is 4.98. The Morgan fingerprint density at radius 2 is 2.00 bits per heavy atom. The second-order valence-electron chi connectivity index (χ2n) is 5.42. The molecule has 2 rings (SSSR count). The zero-order chi connectivity index (χ0) is 15.5. The van der Waals surface area contributed by atoms with E-state index in [4.69, 9.17) is 0 Å². The third-order valence-electron chi connectivity index (χ3n) is 3.75. The number of hydrogen-bond donors (Lipinski definition) is 0. The highest BCUT2D eigenvalue weighted by Gasteiger charge is 2.34. The number of carbonyl (C=O) groups is 1. The number of amides is 1. The molecular weight excluding hydrogens is 293 g/mol. The smallest absolute Gasteiger partial charge is 0.254 e. The van der Waals surface area contributed by atoms with Crippen LogP contribution in [-0.4, -0.2) is 43.3 Å². The highest BCUT2D eigenvalue weighted by atomic mass is 32.2. The predicted molar refractivity (Wildman–Crippen MR) is 79.4 cm³/mol. The Morgan fingerprint density at radius 1 is 1.33 bits per heavy atom. The van der Waals surface area contributed by atoms with Gasteiger partial charge in [-0.2, -0.15) is 0 Å². The Balaban J connectivity index is 2.19. The predicted octanol–water partition coefficient (Wildman–Crippen LogP) is 2.26. The summed E-state index contributed by atoms with van der Waals surface area (Å²) in [5.74, 6) is -0.443. The van der Waals surface area contributed by atoms with E-state index in [0.29, 0.717) is 18.5 Å². The minimum Gasteiger partial charge on any atom is -0.335 e. The van der Waals surface area contributed by atoms with Crippen LogP contribution in [0.15, 0.2) is 24.3 Å². The van der Waals surface area contributed by atoms with Gasteiger partial charge in [0.25, 0.3) is 5.91 Å². The zero-order valence-corrected chi connectivity index (χ0v) is 12.9. The van der Waals surface area contributed by atoms with Gasteiger partial charge in [-0.15, -0.1) is 0 Å². The summed E-state index contributed by atoms with van der Waals surface area (Å²) >= 11 is 0. The molecule has 1 fully saturated rings. The van der Waals surface area contributed by atoms with Crippen LogP contribution in [0.25, 0.3) is 0 Å². The first kappa shape index (κ1) is 15.9. The first-order valence-corrected chi connectivity index (χ1v) is 9.02. The fourth-order valence-electron chi connectivity index (χ4n) is 2.56. The van der Waals surface area contributed by atoms with Crippen LogP contribution in [0.4, 0.5) is 4.39 Å². The normalized spacial score (nSPS) is 20.4. The van der Waals surface area contributed by atoms with Crippen molar-refractivity contribution in [1.29, 1.82) is 0 Å². The van der Waals surface area contributed by atoms with Gasteiger partial charge < -0.3 is 4.90 Å². The van der Waals surface area contributed by atoms with Crippen LogP contribution in [0, 0.1) is 5.82 Å². The van der Waals surface area contributed by atoms with Crippen LogP contribution in [-0.2, 0) is 9.84 Å². The van der Waals surface area contributed by atoms with Gasteiger partial charge in [0.15, 0.2) is 9.84 Å². The summed E-state index contributed by atoms with van der Waals surface area (Å²) in [4.78, 5) is 14.2. The topological polar surface area (TPSA) is 54.5 Å². The molecule has 1 saturated heterocycles. The molecule has 116 valence electrons. The number of rotatable bonds is 5. The highest BCUT2D eigenvalue weighted by molar-refractivity contribution is 7.91. The van der Waals surface area contributed by atoms with Crippen LogP contribution in [0.5, 0.6) is 0 Å². The second-order valence-corrected chi connectivity index (χ2v) is 7.64. The van der Waals surface area contributed by atoms with E-state index < -0.39 is 15.7 Å². The van der Waals surface area contributed by atoms with Gasteiger partial charge >= 0.3 is 0 Å². The van der Waals surface area contributed by atoms with Gasteiger partial charge in [0.05, 0.1) is 11.5 Å². The largest absolute Gasteiger partial charge is 0.335 e. The van der Waals surface area contributed by atoms with Gasteiger partial charge in [0.1, 0.15) is 5.82 Å². The molecule has 0 aliphatic carbocycles. The molecule has 1 aliphatic heterocycles. The van der Waals surface area contributed by atoms with Crippen molar-refractivity contribution >= 4 is 15.7 Å². The fraction of sp³-hybridized carbons (Fsp3) is 0.533. The number of sulfone groups is 1. The minimum atomic E-state index is -3.04. The summed E-state index contributed by atoms with van der Waals surface area (Å²) in [5, 5.41) is 0. The van der Waals surface area contributed by atoms with Crippen molar-refractivity contribution in [3.63, 3.8) is 0 Å².